The summed E-state index contributed by atoms with van der Waals surface area (Å²) in [7, 11) is 0. The first-order valence-corrected chi connectivity index (χ1v) is 4.70. The zero-order valence-corrected chi connectivity index (χ0v) is 7.97. The molecule has 0 aliphatic carbocycles. The van der Waals surface area contributed by atoms with Crippen molar-refractivity contribution in [1.29, 1.82) is 0 Å². The second-order valence-electron chi connectivity index (χ2n) is 3.58. The third kappa shape index (κ3) is 1.01. The number of aliphatic imine (C=N–C) groups is 1. The Balaban J connectivity index is 2.53. The maximum absolute atomic E-state index is 11.4. The average Bonchev–Trinajstić information content (AvgIpc) is 2.63. The molecular weight excluding hydrogens is 190 g/mol. The van der Waals surface area contributed by atoms with Gasteiger partial charge in [0.15, 0.2) is 0 Å². The first kappa shape index (κ1) is 8.23. The zero-order valence-electron chi connectivity index (χ0n) is 7.97. The van der Waals surface area contributed by atoms with Crippen molar-refractivity contribution in [3.05, 3.63) is 34.7 Å². The molecule has 0 aromatic heterocycles. The van der Waals surface area contributed by atoms with Crippen LogP contribution in [0.2, 0.25) is 0 Å². The van der Waals surface area contributed by atoms with Crippen LogP contribution in [0.3, 0.4) is 0 Å². The second kappa shape index (κ2) is 2.70. The van der Waals surface area contributed by atoms with Crippen molar-refractivity contribution >= 4 is 23.6 Å². The number of fused-ring (bicyclic) bond motifs is 3. The Kier molecular flexibility index (Phi) is 1.48. The molecule has 0 radical (unpaired) electrons. The standard InChI is InChI=1S/C11H9N3O/c12-11(15)10-8-4-2-1-3-7(8)9-5-14(10)6-13-9/h1-4,6H,5H2,(H2,12,15). The number of carbonyl (C=O) groups is 1. The fourth-order valence-electron chi connectivity index (χ4n) is 2.04. The number of amides is 1. The van der Waals surface area contributed by atoms with E-state index in [2.05, 4.69) is 4.99 Å². The first-order chi connectivity index (χ1) is 7.27. The minimum atomic E-state index is -0.408. The Morgan fingerprint density at radius 3 is 2.80 bits per heavy atom. The van der Waals surface area contributed by atoms with Crippen LogP contribution in [0.15, 0.2) is 29.3 Å². The van der Waals surface area contributed by atoms with Gasteiger partial charge >= 0.3 is 0 Å². The average molecular weight is 199 g/mol. The Labute approximate surface area is 86.0 Å². The summed E-state index contributed by atoms with van der Waals surface area (Å²) < 4.78 is 0. The quantitative estimate of drug-likeness (QED) is 0.614. The molecule has 74 valence electrons. The summed E-state index contributed by atoms with van der Waals surface area (Å²) in [5, 5.41) is 1.89. The lowest BCUT2D eigenvalue weighted by Crippen LogP contribution is -2.43. The number of hydrogen-bond acceptors (Lipinski definition) is 3. The van der Waals surface area contributed by atoms with Gasteiger partial charge in [-0.3, -0.25) is 4.79 Å². The van der Waals surface area contributed by atoms with Gasteiger partial charge in [0.05, 0.1) is 18.6 Å². The largest absolute Gasteiger partial charge is 0.364 e. The molecule has 2 aliphatic rings. The SMILES string of the molecule is NC(=O)C1=c2ccccc2=C2CN1C=N2. The van der Waals surface area contributed by atoms with Crippen LogP contribution in [0.25, 0.3) is 11.4 Å². The van der Waals surface area contributed by atoms with Crippen LogP contribution in [0, 0.1) is 0 Å². The third-order valence-corrected chi connectivity index (χ3v) is 2.69. The lowest BCUT2D eigenvalue weighted by atomic mass is 10.1. The molecule has 0 unspecified atom stereocenters. The van der Waals surface area contributed by atoms with Gasteiger partial charge in [-0.1, -0.05) is 24.3 Å². The molecule has 0 saturated carbocycles. The monoisotopic (exact) mass is 199 g/mol. The maximum Gasteiger partial charge on any atom is 0.266 e. The Bertz CT molecular complexity index is 601. The lowest BCUT2D eigenvalue weighted by Gasteiger charge is -2.18. The van der Waals surface area contributed by atoms with E-state index in [4.69, 9.17) is 5.73 Å². The van der Waals surface area contributed by atoms with Gasteiger partial charge in [0.2, 0.25) is 0 Å². The number of carbonyl (C=O) groups excluding carboxylic acids is 1. The van der Waals surface area contributed by atoms with Gasteiger partial charge in [-0.15, -0.1) is 0 Å². The summed E-state index contributed by atoms with van der Waals surface area (Å²) in [6, 6.07) is 7.70. The number of hydrogen-bond donors (Lipinski definition) is 1. The molecule has 1 aromatic rings. The van der Waals surface area contributed by atoms with Crippen LogP contribution in [0.4, 0.5) is 0 Å². The predicted octanol–water partition coefficient (Wildman–Crippen LogP) is -1.25. The van der Waals surface area contributed by atoms with Crippen LogP contribution in [-0.2, 0) is 4.79 Å². The molecule has 0 atom stereocenters. The fourth-order valence-corrected chi connectivity index (χ4v) is 2.04. The highest BCUT2D eigenvalue weighted by Gasteiger charge is 2.24. The van der Waals surface area contributed by atoms with E-state index >= 15 is 0 Å². The Hall–Kier alpha value is -2.10. The van der Waals surface area contributed by atoms with Crippen LogP contribution in [0.1, 0.15) is 0 Å². The highest BCUT2D eigenvalue weighted by atomic mass is 16.1. The van der Waals surface area contributed by atoms with Crippen LogP contribution >= 0.6 is 0 Å². The number of nitrogens with zero attached hydrogens (tertiary/aromatic N) is 2. The smallest absolute Gasteiger partial charge is 0.266 e. The maximum atomic E-state index is 11.4. The normalized spacial score (nSPS) is 16.9. The van der Waals surface area contributed by atoms with E-state index in [0.29, 0.717) is 12.2 Å². The third-order valence-electron chi connectivity index (χ3n) is 2.69. The van der Waals surface area contributed by atoms with Gasteiger partial charge in [-0.25, -0.2) is 4.99 Å². The van der Waals surface area contributed by atoms with Crippen molar-refractivity contribution in [3.63, 3.8) is 0 Å². The predicted molar refractivity (Wildman–Crippen MR) is 56.9 cm³/mol. The summed E-state index contributed by atoms with van der Waals surface area (Å²) in [6.45, 7) is 0.648. The zero-order chi connectivity index (χ0) is 10.4. The van der Waals surface area contributed by atoms with Crippen molar-refractivity contribution in [1.82, 2.24) is 4.90 Å². The van der Waals surface area contributed by atoms with E-state index in [1.54, 1.807) is 11.2 Å². The van der Waals surface area contributed by atoms with Gasteiger partial charge in [-0.2, -0.15) is 0 Å². The van der Waals surface area contributed by atoms with E-state index in [9.17, 15) is 4.79 Å². The number of benzene rings is 1. The van der Waals surface area contributed by atoms with Gasteiger partial charge in [0, 0.05) is 10.4 Å². The van der Waals surface area contributed by atoms with Gasteiger partial charge in [0.25, 0.3) is 5.91 Å². The molecule has 0 saturated heterocycles. The fraction of sp³-hybridized carbons (Fsp3) is 0.0909. The number of nitrogens with two attached hydrogens (primary N) is 1. The molecule has 4 nitrogen and oxygen atoms in total. The van der Waals surface area contributed by atoms with E-state index in [1.807, 2.05) is 24.3 Å². The minimum absolute atomic E-state index is 0.408. The molecule has 0 fully saturated rings. The minimum Gasteiger partial charge on any atom is -0.364 e. The van der Waals surface area contributed by atoms with Gasteiger partial charge < -0.3 is 10.6 Å². The van der Waals surface area contributed by atoms with Crippen molar-refractivity contribution in [2.24, 2.45) is 10.7 Å². The molecule has 2 heterocycles. The molecule has 0 spiro atoms. The molecule has 2 aliphatic heterocycles. The van der Waals surface area contributed by atoms with Crippen LogP contribution < -0.4 is 16.2 Å². The summed E-state index contributed by atoms with van der Waals surface area (Å²) in [6.07, 6.45) is 1.66. The van der Waals surface area contributed by atoms with Crippen LogP contribution in [0.5, 0.6) is 0 Å². The van der Waals surface area contributed by atoms with E-state index < -0.39 is 5.91 Å². The first-order valence-electron chi connectivity index (χ1n) is 4.70. The molecule has 2 bridgehead atoms. The molecule has 2 N–H and O–H groups in total. The topological polar surface area (TPSA) is 58.7 Å². The number of primary amides is 1. The number of rotatable bonds is 1. The van der Waals surface area contributed by atoms with Crippen LogP contribution in [-0.4, -0.2) is 23.7 Å². The molecular formula is C11H9N3O. The summed E-state index contributed by atoms with van der Waals surface area (Å²) >= 11 is 0. The summed E-state index contributed by atoms with van der Waals surface area (Å²) in [5.74, 6) is -0.408. The highest BCUT2D eigenvalue weighted by Crippen LogP contribution is 2.15. The highest BCUT2D eigenvalue weighted by molar-refractivity contribution is 6.15. The van der Waals surface area contributed by atoms with E-state index in [1.165, 1.54) is 0 Å². The van der Waals surface area contributed by atoms with Gasteiger partial charge in [-0.05, 0) is 0 Å². The lowest BCUT2D eigenvalue weighted by molar-refractivity contribution is -0.113. The van der Waals surface area contributed by atoms with Crippen molar-refractivity contribution in [3.8, 4) is 0 Å². The van der Waals surface area contributed by atoms with E-state index in [-0.39, 0.29) is 0 Å². The summed E-state index contributed by atoms with van der Waals surface area (Å²) in [5.41, 5.74) is 6.91. The van der Waals surface area contributed by atoms with Crippen molar-refractivity contribution in [2.75, 3.05) is 6.54 Å². The van der Waals surface area contributed by atoms with Crippen molar-refractivity contribution < 1.29 is 4.79 Å². The van der Waals surface area contributed by atoms with Gasteiger partial charge in [0.1, 0.15) is 5.70 Å². The Morgan fingerprint density at radius 2 is 2.07 bits per heavy atom. The Morgan fingerprint density at radius 1 is 1.33 bits per heavy atom. The second-order valence-corrected chi connectivity index (χ2v) is 3.58. The van der Waals surface area contributed by atoms with E-state index in [0.717, 1.165) is 16.1 Å². The molecule has 1 aromatic carbocycles. The molecule has 3 rings (SSSR count). The summed E-state index contributed by atoms with van der Waals surface area (Å²) in [4.78, 5) is 17.4. The molecule has 15 heavy (non-hydrogen) atoms. The molecule has 4 heteroatoms. The molecule has 1 amide bonds. The van der Waals surface area contributed by atoms with Crippen molar-refractivity contribution in [2.45, 2.75) is 0 Å².